The highest BCUT2D eigenvalue weighted by atomic mass is 32.2. The minimum absolute atomic E-state index is 0.0199. The number of thioether (sulfide) groups is 1. The summed E-state index contributed by atoms with van der Waals surface area (Å²) < 4.78 is 15.2. The lowest BCUT2D eigenvalue weighted by atomic mass is 10.2. The molecule has 0 saturated carbocycles. The van der Waals surface area contributed by atoms with Crippen molar-refractivity contribution in [3.8, 4) is 5.69 Å². The third-order valence-electron chi connectivity index (χ3n) is 4.39. The Labute approximate surface area is 175 Å². The summed E-state index contributed by atoms with van der Waals surface area (Å²) in [6.45, 7) is 0.0876. The topological polar surface area (TPSA) is 76.9 Å². The predicted molar refractivity (Wildman–Crippen MR) is 114 cm³/mol. The Morgan fingerprint density at radius 2 is 1.80 bits per heavy atom. The zero-order valence-electron chi connectivity index (χ0n) is 15.8. The molecule has 30 heavy (non-hydrogen) atoms. The first kappa shape index (κ1) is 19.8. The average Bonchev–Trinajstić information content (AvgIpc) is 2.78. The van der Waals surface area contributed by atoms with Crippen LogP contribution in [0.2, 0.25) is 0 Å². The molecule has 0 atom stereocenters. The molecule has 4 aromatic rings. The molecular formula is C22H17FN4O2S. The van der Waals surface area contributed by atoms with E-state index in [0.29, 0.717) is 27.4 Å². The minimum Gasteiger partial charge on any atom is -0.351 e. The summed E-state index contributed by atoms with van der Waals surface area (Å²) in [6, 6.07) is 18.7. The van der Waals surface area contributed by atoms with E-state index < -0.39 is 0 Å². The van der Waals surface area contributed by atoms with Crippen LogP contribution < -0.4 is 10.9 Å². The van der Waals surface area contributed by atoms with Crippen molar-refractivity contribution in [1.82, 2.24) is 19.9 Å². The summed E-state index contributed by atoms with van der Waals surface area (Å²) >= 11 is 1.12. The second kappa shape index (κ2) is 8.87. The van der Waals surface area contributed by atoms with E-state index in [1.165, 1.54) is 10.6 Å². The zero-order chi connectivity index (χ0) is 20.9. The molecule has 1 amide bonds. The standard InChI is InChI=1S/C22H17FN4O2S/c23-18-11-5-4-7-15(18)13-25-19(28)14-30-22-26-20-17(10-6-12-24-20)21(29)27(22)16-8-2-1-3-9-16/h1-12H,13-14H2,(H,25,28). The number of fused-ring (bicyclic) bond motifs is 1. The molecule has 2 aromatic heterocycles. The number of benzene rings is 2. The number of pyridine rings is 1. The Morgan fingerprint density at radius 3 is 2.60 bits per heavy atom. The van der Waals surface area contributed by atoms with Crippen LogP contribution in [0.4, 0.5) is 4.39 Å². The molecule has 0 bridgehead atoms. The largest absolute Gasteiger partial charge is 0.351 e. The van der Waals surface area contributed by atoms with Gasteiger partial charge in [0.1, 0.15) is 5.82 Å². The van der Waals surface area contributed by atoms with Gasteiger partial charge < -0.3 is 5.32 Å². The van der Waals surface area contributed by atoms with Crippen LogP contribution >= 0.6 is 11.8 Å². The molecule has 6 nitrogen and oxygen atoms in total. The van der Waals surface area contributed by atoms with E-state index in [9.17, 15) is 14.0 Å². The van der Waals surface area contributed by atoms with Crippen LogP contribution in [0.3, 0.4) is 0 Å². The van der Waals surface area contributed by atoms with Gasteiger partial charge in [-0.15, -0.1) is 0 Å². The number of nitrogens with one attached hydrogen (secondary N) is 1. The number of para-hydroxylation sites is 1. The number of carbonyl (C=O) groups is 1. The van der Waals surface area contributed by atoms with E-state index in [1.807, 2.05) is 18.2 Å². The summed E-state index contributed by atoms with van der Waals surface area (Å²) in [5.74, 6) is -0.643. The van der Waals surface area contributed by atoms with Crippen LogP contribution in [0.1, 0.15) is 5.56 Å². The SMILES string of the molecule is O=C(CSc1nc2ncccc2c(=O)n1-c1ccccc1)NCc1ccccc1F. The van der Waals surface area contributed by atoms with Gasteiger partial charge in [0, 0.05) is 18.3 Å². The molecule has 0 aliphatic heterocycles. The van der Waals surface area contributed by atoms with Gasteiger partial charge in [-0.1, -0.05) is 48.2 Å². The van der Waals surface area contributed by atoms with Crippen molar-refractivity contribution in [2.24, 2.45) is 0 Å². The lowest BCUT2D eigenvalue weighted by Gasteiger charge is -2.13. The molecule has 0 aliphatic rings. The number of halogens is 1. The van der Waals surface area contributed by atoms with Gasteiger partial charge in [-0.05, 0) is 30.3 Å². The van der Waals surface area contributed by atoms with E-state index in [0.717, 1.165) is 11.8 Å². The fourth-order valence-corrected chi connectivity index (χ4v) is 3.75. The molecule has 150 valence electrons. The molecule has 2 heterocycles. The summed E-state index contributed by atoms with van der Waals surface area (Å²) in [7, 11) is 0. The van der Waals surface area contributed by atoms with Gasteiger partial charge in [0.05, 0.1) is 16.8 Å². The van der Waals surface area contributed by atoms with Crippen molar-refractivity contribution in [1.29, 1.82) is 0 Å². The Kier molecular flexibility index (Phi) is 5.85. The van der Waals surface area contributed by atoms with E-state index in [4.69, 9.17) is 0 Å². The summed E-state index contributed by atoms with van der Waals surface area (Å²) in [5.41, 5.74) is 1.12. The van der Waals surface area contributed by atoms with Crippen LogP contribution in [0.25, 0.3) is 16.7 Å². The van der Waals surface area contributed by atoms with Gasteiger partial charge >= 0.3 is 0 Å². The summed E-state index contributed by atoms with van der Waals surface area (Å²) in [5, 5.41) is 3.45. The maximum absolute atomic E-state index is 13.7. The van der Waals surface area contributed by atoms with Gasteiger partial charge in [-0.3, -0.25) is 14.2 Å². The molecule has 0 fully saturated rings. The lowest BCUT2D eigenvalue weighted by Crippen LogP contribution is -2.26. The smallest absolute Gasteiger partial charge is 0.268 e. The number of carbonyl (C=O) groups excluding carboxylic acids is 1. The van der Waals surface area contributed by atoms with E-state index >= 15 is 0 Å². The molecule has 0 unspecified atom stereocenters. The molecule has 4 rings (SSSR count). The third kappa shape index (κ3) is 4.23. The summed E-state index contributed by atoms with van der Waals surface area (Å²) in [6.07, 6.45) is 1.57. The van der Waals surface area contributed by atoms with Crippen LogP contribution in [-0.4, -0.2) is 26.2 Å². The number of rotatable bonds is 6. The predicted octanol–water partition coefficient (Wildman–Crippen LogP) is 3.33. The number of nitrogens with zero attached hydrogens (tertiary/aromatic N) is 3. The number of amides is 1. The Hall–Kier alpha value is -3.52. The zero-order valence-corrected chi connectivity index (χ0v) is 16.6. The quantitative estimate of drug-likeness (QED) is 0.383. The monoisotopic (exact) mass is 420 g/mol. The minimum atomic E-state index is -0.370. The lowest BCUT2D eigenvalue weighted by molar-refractivity contribution is -0.118. The molecule has 1 N–H and O–H groups in total. The van der Waals surface area contributed by atoms with Gasteiger partial charge in [-0.25, -0.2) is 14.4 Å². The molecule has 8 heteroatoms. The van der Waals surface area contributed by atoms with Crippen LogP contribution in [0.5, 0.6) is 0 Å². The van der Waals surface area contributed by atoms with Crippen molar-refractivity contribution >= 4 is 28.7 Å². The second-order valence-electron chi connectivity index (χ2n) is 6.40. The summed E-state index contributed by atoms with van der Waals surface area (Å²) in [4.78, 5) is 34.0. The van der Waals surface area contributed by atoms with Crippen molar-refractivity contribution < 1.29 is 9.18 Å². The first-order chi connectivity index (χ1) is 14.6. The molecule has 2 aromatic carbocycles. The molecule has 0 radical (unpaired) electrons. The highest BCUT2D eigenvalue weighted by molar-refractivity contribution is 7.99. The van der Waals surface area contributed by atoms with Gasteiger partial charge in [0.2, 0.25) is 5.91 Å². The maximum atomic E-state index is 13.7. The fourth-order valence-electron chi connectivity index (χ4n) is 2.92. The first-order valence-corrected chi connectivity index (χ1v) is 10.2. The van der Waals surface area contributed by atoms with E-state index in [1.54, 1.807) is 48.7 Å². The molecular weight excluding hydrogens is 403 g/mol. The number of hydrogen-bond acceptors (Lipinski definition) is 5. The van der Waals surface area contributed by atoms with Gasteiger partial charge in [-0.2, -0.15) is 0 Å². The van der Waals surface area contributed by atoms with Gasteiger partial charge in [0.25, 0.3) is 5.56 Å². The number of aromatic nitrogens is 3. The van der Waals surface area contributed by atoms with E-state index in [2.05, 4.69) is 15.3 Å². The molecule has 0 aliphatic carbocycles. The first-order valence-electron chi connectivity index (χ1n) is 9.19. The second-order valence-corrected chi connectivity index (χ2v) is 7.34. The van der Waals surface area contributed by atoms with Gasteiger partial charge in [0.15, 0.2) is 10.8 Å². The van der Waals surface area contributed by atoms with Crippen molar-refractivity contribution in [2.45, 2.75) is 11.7 Å². The Bertz CT molecular complexity index is 1260. The maximum Gasteiger partial charge on any atom is 0.268 e. The van der Waals surface area contributed by atoms with E-state index in [-0.39, 0.29) is 29.6 Å². The highest BCUT2D eigenvalue weighted by Gasteiger charge is 2.15. The van der Waals surface area contributed by atoms with Crippen LogP contribution in [0.15, 0.2) is 82.9 Å². The highest BCUT2D eigenvalue weighted by Crippen LogP contribution is 2.20. The van der Waals surface area contributed by atoms with Crippen molar-refractivity contribution in [3.05, 3.63) is 94.7 Å². The van der Waals surface area contributed by atoms with Crippen molar-refractivity contribution in [3.63, 3.8) is 0 Å². The average molecular weight is 420 g/mol. The molecule has 0 spiro atoms. The normalized spacial score (nSPS) is 10.8. The van der Waals surface area contributed by atoms with Crippen LogP contribution in [0, 0.1) is 5.82 Å². The van der Waals surface area contributed by atoms with Crippen molar-refractivity contribution in [2.75, 3.05) is 5.75 Å². The van der Waals surface area contributed by atoms with Crippen LogP contribution in [-0.2, 0) is 11.3 Å². The third-order valence-corrected chi connectivity index (χ3v) is 5.33. The Balaban J connectivity index is 1.58. The molecule has 0 saturated heterocycles. The Morgan fingerprint density at radius 1 is 1.03 bits per heavy atom. The fraction of sp³-hybridized carbons (Fsp3) is 0.0909. The number of hydrogen-bond donors (Lipinski definition) is 1.